The smallest absolute Gasteiger partial charge is 0.230 e. The molecule has 0 aliphatic rings. The highest BCUT2D eigenvalue weighted by Crippen LogP contribution is 2.32. The maximum absolute atomic E-state index is 12.2. The number of fused-ring (bicyclic) bond motifs is 1. The molecule has 0 fully saturated rings. The molecule has 4 rings (SSSR count). The lowest BCUT2D eigenvalue weighted by molar-refractivity contribution is -0.119. The topological polar surface area (TPSA) is 54.0 Å². The van der Waals surface area contributed by atoms with E-state index in [9.17, 15) is 4.79 Å². The van der Waals surface area contributed by atoms with Crippen molar-refractivity contribution < 1.29 is 4.79 Å². The summed E-state index contributed by atoms with van der Waals surface area (Å²) in [7, 11) is 0. The van der Waals surface area contributed by atoms with Crippen molar-refractivity contribution in [1.82, 2.24) is 10.3 Å². The van der Waals surface area contributed by atoms with E-state index in [4.69, 9.17) is 17.2 Å². The van der Waals surface area contributed by atoms with Crippen molar-refractivity contribution in [1.29, 1.82) is 0 Å². The van der Waals surface area contributed by atoms with Crippen molar-refractivity contribution in [2.75, 3.05) is 5.32 Å². The minimum atomic E-state index is -0.145. The highest BCUT2D eigenvalue weighted by atomic mass is 32.1. The number of benzene rings is 3. The third kappa shape index (κ3) is 4.67. The molecule has 0 bridgehead atoms. The molecule has 4 aromatic rings. The fourth-order valence-electron chi connectivity index (χ4n) is 2.99. The normalized spacial score (nSPS) is 10.7. The van der Waals surface area contributed by atoms with Crippen LogP contribution in [0.15, 0.2) is 72.8 Å². The zero-order valence-corrected chi connectivity index (χ0v) is 17.4. The lowest BCUT2D eigenvalue weighted by atomic mass is 10.1. The van der Waals surface area contributed by atoms with Crippen LogP contribution >= 0.6 is 23.6 Å². The van der Waals surface area contributed by atoms with Crippen LogP contribution in [0.2, 0.25) is 0 Å². The number of aromatic nitrogens is 1. The Balaban J connectivity index is 1.47. The van der Waals surface area contributed by atoms with Gasteiger partial charge in [-0.25, -0.2) is 4.98 Å². The summed E-state index contributed by atoms with van der Waals surface area (Å²) in [4.78, 5) is 17.0. The van der Waals surface area contributed by atoms with Crippen LogP contribution in [0.5, 0.6) is 0 Å². The molecule has 4 nitrogen and oxygen atoms in total. The third-order valence-electron chi connectivity index (χ3n) is 4.49. The number of rotatable bonds is 4. The highest BCUT2D eigenvalue weighted by molar-refractivity contribution is 7.80. The Morgan fingerprint density at radius 3 is 2.59 bits per heavy atom. The fourth-order valence-corrected chi connectivity index (χ4v) is 4.18. The monoisotopic (exact) mass is 417 g/mol. The number of nitrogens with one attached hydrogen (secondary N) is 2. The molecule has 0 aliphatic carbocycles. The second-order valence-electron chi connectivity index (χ2n) is 6.68. The first-order chi connectivity index (χ1) is 14.1. The fraction of sp³-hybridized carbons (Fsp3) is 0.0870. The van der Waals surface area contributed by atoms with Crippen molar-refractivity contribution in [3.8, 4) is 10.6 Å². The maximum Gasteiger partial charge on any atom is 0.230 e. The van der Waals surface area contributed by atoms with Crippen LogP contribution in [0, 0.1) is 6.92 Å². The van der Waals surface area contributed by atoms with Gasteiger partial charge in [0.1, 0.15) is 5.01 Å². The minimum absolute atomic E-state index is 0.145. The number of carbonyl (C=O) groups excluding carboxylic acids is 1. The molecule has 0 unspecified atom stereocenters. The molecule has 0 atom stereocenters. The van der Waals surface area contributed by atoms with Gasteiger partial charge in [0.05, 0.1) is 16.6 Å². The molecule has 1 amide bonds. The summed E-state index contributed by atoms with van der Waals surface area (Å²) in [5.41, 5.74) is 4.84. The zero-order chi connectivity index (χ0) is 20.2. The number of amides is 1. The van der Waals surface area contributed by atoms with Crippen LogP contribution < -0.4 is 10.6 Å². The molecular formula is C23H19N3OS2. The summed E-state index contributed by atoms with van der Waals surface area (Å²) >= 11 is 7.00. The molecule has 0 aliphatic heterocycles. The summed E-state index contributed by atoms with van der Waals surface area (Å²) in [6.45, 7) is 2.00. The van der Waals surface area contributed by atoms with Crippen molar-refractivity contribution in [3.05, 3.63) is 83.9 Å². The van der Waals surface area contributed by atoms with Gasteiger partial charge in [-0.05, 0) is 48.5 Å². The van der Waals surface area contributed by atoms with E-state index in [0.29, 0.717) is 0 Å². The minimum Gasteiger partial charge on any atom is -0.332 e. The molecule has 144 valence electrons. The van der Waals surface area contributed by atoms with Crippen molar-refractivity contribution in [3.63, 3.8) is 0 Å². The molecule has 29 heavy (non-hydrogen) atoms. The van der Waals surface area contributed by atoms with Gasteiger partial charge in [-0.2, -0.15) is 0 Å². The molecule has 6 heteroatoms. The summed E-state index contributed by atoms with van der Waals surface area (Å²) in [5, 5.41) is 7.14. The Morgan fingerprint density at radius 2 is 1.79 bits per heavy atom. The summed E-state index contributed by atoms with van der Waals surface area (Å²) in [6.07, 6.45) is 0.285. The largest absolute Gasteiger partial charge is 0.332 e. The van der Waals surface area contributed by atoms with Crippen LogP contribution in [0.3, 0.4) is 0 Å². The second-order valence-corrected chi connectivity index (χ2v) is 8.12. The first-order valence-corrected chi connectivity index (χ1v) is 10.4. The molecular weight excluding hydrogens is 398 g/mol. The van der Waals surface area contributed by atoms with Crippen LogP contribution in [0.4, 0.5) is 5.69 Å². The van der Waals surface area contributed by atoms with Crippen molar-refractivity contribution in [2.45, 2.75) is 13.3 Å². The van der Waals surface area contributed by atoms with E-state index in [2.05, 4.69) is 22.8 Å². The van der Waals surface area contributed by atoms with Gasteiger partial charge in [0.15, 0.2) is 5.11 Å². The SMILES string of the molecule is Cc1ccc(-c2nc3ccccc3s2)cc1NC(=S)NC(=O)Cc1ccccc1. The maximum atomic E-state index is 12.2. The van der Waals surface area contributed by atoms with Crippen LogP contribution in [-0.4, -0.2) is 16.0 Å². The van der Waals surface area contributed by atoms with Gasteiger partial charge in [0.25, 0.3) is 0 Å². The van der Waals surface area contributed by atoms with E-state index in [1.807, 2.05) is 67.6 Å². The number of hydrogen-bond acceptors (Lipinski definition) is 4. The predicted molar refractivity (Wildman–Crippen MR) is 124 cm³/mol. The van der Waals surface area contributed by atoms with Crippen LogP contribution in [0.25, 0.3) is 20.8 Å². The number of hydrogen-bond donors (Lipinski definition) is 2. The first-order valence-electron chi connectivity index (χ1n) is 9.20. The van der Waals surface area contributed by atoms with Gasteiger partial charge in [0.2, 0.25) is 5.91 Å². The van der Waals surface area contributed by atoms with Gasteiger partial charge in [-0.3, -0.25) is 4.79 Å². The standard InChI is InChI=1S/C23H19N3OS2/c1-15-11-12-17(22-24-18-9-5-6-10-20(18)29-22)14-19(15)25-23(28)26-21(27)13-16-7-3-2-4-8-16/h2-12,14H,13H2,1H3,(H2,25,26,27,28). The molecule has 0 radical (unpaired) electrons. The van der Waals surface area contributed by atoms with E-state index < -0.39 is 0 Å². The first kappa shape index (κ1) is 19.2. The highest BCUT2D eigenvalue weighted by Gasteiger charge is 2.10. The number of thiazole rings is 1. The van der Waals surface area contributed by atoms with Gasteiger partial charge < -0.3 is 10.6 Å². The van der Waals surface area contributed by atoms with E-state index in [1.165, 1.54) is 0 Å². The van der Waals surface area contributed by atoms with Gasteiger partial charge in [-0.1, -0.05) is 54.6 Å². The molecule has 0 saturated carbocycles. The van der Waals surface area contributed by atoms with Crippen LogP contribution in [0.1, 0.15) is 11.1 Å². The van der Waals surface area contributed by atoms with Crippen molar-refractivity contribution in [2.24, 2.45) is 0 Å². The summed E-state index contributed by atoms with van der Waals surface area (Å²) in [6, 6.07) is 23.8. The van der Waals surface area contributed by atoms with E-state index >= 15 is 0 Å². The van der Waals surface area contributed by atoms with Gasteiger partial charge in [0, 0.05) is 11.3 Å². The lowest BCUT2D eigenvalue weighted by Crippen LogP contribution is -2.35. The molecule has 2 N–H and O–H groups in total. The number of para-hydroxylation sites is 1. The van der Waals surface area contributed by atoms with Crippen LogP contribution in [-0.2, 0) is 11.2 Å². The number of carbonyl (C=O) groups is 1. The lowest BCUT2D eigenvalue weighted by Gasteiger charge is -2.13. The number of aryl methyl sites for hydroxylation is 1. The molecule has 1 heterocycles. The Bertz CT molecular complexity index is 1150. The quantitative estimate of drug-likeness (QED) is 0.441. The third-order valence-corrected chi connectivity index (χ3v) is 5.78. The Morgan fingerprint density at radius 1 is 1.03 bits per heavy atom. The van der Waals surface area contributed by atoms with E-state index in [-0.39, 0.29) is 17.4 Å². The van der Waals surface area contributed by atoms with E-state index in [0.717, 1.165) is 37.6 Å². The molecule has 0 saturated heterocycles. The molecule has 0 spiro atoms. The number of nitrogens with zero attached hydrogens (tertiary/aromatic N) is 1. The molecule has 3 aromatic carbocycles. The average Bonchev–Trinajstić information content (AvgIpc) is 3.14. The number of thiocarbonyl (C=S) groups is 1. The van der Waals surface area contributed by atoms with Gasteiger partial charge >= 0.3 is 0 Å². The van der Waals surface area contributed by atoms with E-state index in [1.54, 1.807) is 11.3 Å². The zero-order valence-electron chi connectivity index (χ0n) is 15.8. The van der Waals surface area contributed by atoms with Gasteiger partial charge in [-0.15, -0.1) is 11.3 Å². The summed E-state index contributed by atoms with van der Waals surface area (Å²) < 4.78 is 1.15. The molecule has 1 aromatic heterocycles. The predicted octanol–water partition coefficient (Wildman–Crippen LogP) is 5.33. The Kier molecular flexibility index (Phi) is 5.64. The average molecular weight is 418 g/mol. The Labute approximate surface area is 178 Å². The Hall–Kier alpha value is -3.09. The second kappa shape index (κ2) is 8.51. The summed E-state index contributed by atoms with van der Waals surface area (Å²) in [5.74, 6) is -0.145. The van der Waals surface area contributed by atoms with Crippen molar-refractivity contribution >= 4 is 50.5 Å². The number of anilines is 1.